The third-order valence-electron chi connectivity index (χ3n) is 2.00. The number of aromatic carboxylic acids is 1. The van der Waals surface area contributed by atoms with E-state index in [9.17, 15) is 4.79 Å². The van der Waals surface area contributed by atoms with Gasteiger partial charge in [-0.2, -0.15) is 5.10 Å². The zero-order valence-electron chi connectivity index (χ0n) is 8.90. The van der Waals surface area contributed by atoms with Gasteiger partial charge in [-0.05, 0) is 13.0 Å². The summed E-state index contributed by atoms with van der Waals surface area (Å²) >= 11 is 0. The SMILES string of the molecule is C/C=C/CNCc1cc(C(=O)O)nn1C. The molecular formula is C10H15N3O2. The third kappa shape index (κ3) is 3.21. The van der Waals surface area contributed by atoms with E-state index in [1.807, 2.05) is 19.1 Å². The predicted octanol–water partition coefficient (Wildman–Crippen LogP) is 0.784. The van der Waals surface area contributed by atoms with E-state index in [-0.39, 0.29) is 5.69 Å². The van der Waals surface area contributed by atoms with E-state index in [1.165, 1.54) is 0 Å². The van der Waals surface area contributed by atoms with Crippen LogP contribution < -0.4 is 5.32 Å². The molecule has 15 heavy (non-hydrogen) atoms. The van der Waals surface area contributed by atoms with Crippen LogP contribution in [-0.4, -0.2) is 27.4 Å². The van der Waals surface area contributed by atoms with E-state index in [0.29, 0.717) is 6.54 Å². The summed E-state index contributed by atoms with van der Waals surface area (Å²) in [7, 11) is 1.74. The molecule has 0 spiro atoms. The summed E-state index contributed by atoms with van der Waals surface area (Å²) in [6.07, 6.45) is 3.95. The summed E-state index contributed by atoms with van der Waals surface area (Å²) in [4.78, 5) is 10.6. The van der Waals surface area contributed by atoms with Gasteiger partial charge in [-0.15, -0.1) is 0 Å². The van der Waals surface area contributed by atoms with Crippen LogP contribution in [0.5, 0.6) is 0 Å². The molecule has 0 radical (unpaired) electrons. The molecule has 1 aromatic heterocycles. The molecule has 0 fully saturated rings. The fourth-order valence-corrected chi connectivity index (χ4v) is 1.18. The van der Waals surface area contributed by atoms with Crippen molar-refractivity contribution < 1.29 is 9.90 Å². The average Bonchev–Trinajstić information content (AvgIpc) is 2.55. The second-order valence-electron chi connectivity index (χ2n) is 3.15. The molecule has 0 amide bonds. The van der Waals surface area contributed by atoms with Crippen molar-refractivity contribution in [2.75, 3.05) is 6.54 Å². The summed E-state index contributed by atoms with van der Waals surface area (Å²) in [6.45, 7) is 3.33. The van der Waals surface area contributed by atoms with Crippen LogP contribution in [0, 0.1) is 0 Å². The number of allylic oxidation sites excluding steroid dienone is 1. The zero-order valence-corrected chi connectivity index (χ0v) is 8.90. The molecule has 0 atom stereocenters. The summed E-state index contributed by atoms with van der Waals surface area (Å²) in [6, 6.07) is 1.57. The number of aromatic nitrogens is 2. The van der Waals surface area contributed by atoms with E-state index in [0.717, 1.165) is 12.2 Å². The molecule has 1 aromatic rings. The van der Waals surface area contributed by atoms with Crippen molar-refractivity contribution in [1.29, 1.82) is 0 Å². The lowest BCUT2D eigenvalue weighted by atomic mass is 10.3. The van der Waals surface area contributed by atoms with Gasteiger partial charge >= 0.3 is 5.97 Å². The number of nitrogens with one attached hydrogen (secondary N) is 1. The minimum absolute atomic E-state index is 0.0836. The molecule has 0 aliphatic carbocycles. The number of carboxylic acids is 1. The van der Waals surface area contributed by atoms with Gasteiger partial charge in [0, 0.05) is 20.1 Å². The Morgan fingerprint density at radius 3 is 3.00 bits per heavy atom. The van der Waals surface area contributed by atoms with Gasteiger partial charge in [0.15, 0.2) is 5.69 Å². The van der Waals surface area contributed by atoms with Crippen molar-refractivity contribution in [3.8, 4) is 0 Å². The maximum atomic E-state index is 10.6. The molecule has 1 rings (SSSR count). The van der Waals surface area contributed by atoms with E-state index in [4.69, 9.17) is 5.11 Å². The van der Waals surface area contributed by atoms with Gasteiger partial charge in [0.25, 0.3) is 0 Å². The molecule has 2 N–H and O–H groups in total. The summed E-state index contributed by atoms with van der Waals surface area (Å²) < 4.78 is 1.58. The number of hydrogen-bond donors (Lipinski definition) is 2. The summed E-state index contributed by atoms with van der Waals surface area (Å²) in [5.74, 6) is -0.995. The fraction of sp³-hybridized carbons (Fsp3) is 0.400. The van der Waals surface area contributed by atoms with Crippen LogP contribution in [0.15, 0.2) is 18.2 Å². The topological polar surface area (TPSA) is 67.2 Å². The molecule has 0 saturated heterocycles. The summed E-state index contributed by atoms with van der Waals surface area (Å²) in [5, 5.41) is 15.7. The second kappa shape index (κ2) is 5.31. The van der Waals surface area contributed by atoms with Gasteiger partial charge in [0.05, 0.1) is 5.69 Å². The highest BCUT2D eigenvalue weighted by molar-refractivity contribution is 5.85. The Morgan fingerprint density at radius 2 is 2.47 bits per heavy atom. The zero-order chi connectivity index (χ0) is 11.3. The maximum absolute atomic E-state index is 10.6. The molecule has 0 aromatic carbocycles. The first-order valence-corrected chi connectivity index (χ1v) is 4.73. The smallest absolute Gasteiger partial charge is 0.356 e. The van der Waals surface area contributed by atoms with E-state index >= 15 is 0 Å². The Bertz CT molecular complexity index is 369. The number of rotatable bonds is 5. The first-order chi connectivity index (χ1) is 7.15. The normalized spacial score (nSPS) is 11.1. The molecular weight excluding hydrogens is 194 g/mol. The Kier molecular flexibility index (Phi) is 4.05. The van der Waals surface area contributed by atoms with Crippen LogP contribution in [-0.2, 0) is 13.6 Å². The maximum Gasteiger partial charge on any atom is 0.356 e. The predicted molar refractivity (Wildman–Crippen MR) is 56.7 cm³/mol. The fourth-order valence-electron chi connectivity index (χ4n) is 1.18. The van der Waals surface area contributed by atoms with Gasteiger partial charge in [-0.25, -0.2) is 4.79 Å². The number of nitrogens with zero attached hydrogens (tertiary/aromatic N) is 2. The highest BCUT2D eigenvalue weighted by Gasteiger charge is 2.09. The number of hydrogen-bond acceptors (Lipinski definition) is 3. The van der Waals surface area contributed by atoms with Crippen molar-refractivity contribution in [3.63, 3.8) is 0 Å². The van der Waals surface area contributed by atoms with Crippen LogP contribution in [0.25, 0.3) is 0 Å². The van der Waals surface area contributed by atoms with Crippen molar-refractivity contribution >= 4 is 5.97 Å². The van der Waals surface area contributed by atoms with Crippen LogP contribution >= 0.6 is 0 Å². The minimum atomic E-state index is -0.995. The van der Waals surface area contributed by atoms with Crippen molar-refractivity contribution in [1.82, 2.24) is 15.1 Å². The van der Waals surface area contributed by atoms with Crippen LogP contribution in [0.2, 0.25) is 0 Å². The Balaban J connectivity index is 2.57. The van der Waals surface area contributed by atoms with Gasteiger partial charge < -0.3 is 10.4 Å². The molecule has 0 unspecified atom stereocenters. The first-order valence-electron chi connectivity index (χ1n) is 4.73. The monoisotopic (exact) mass is 209 g/mol. The van der Waals surface area contributed by atoms with Crippen molar-refractivity contribution in [2.45, 2.75) is 13.5 Å². The molecule has 1 heterocycles. The minimum Gasteiger partial charge on any atom is -0.476 e. The standard InChI is InChI=1S/C10H15N3O2/c1-3-4-5-11-7-8-6-9(10(14)15)12-13(8)2/h3-4,6,11H,5,7H2,1-2H3,(H,14,15)/b4-3+. The molecule has 5 nitrogen and oxygen atoms in total. The molecule has 5 heteroatoms. The van der Waals surface area contributed by atoms with Crippen LogP contribution in [0.1, 0.15) is 23.1 Å². The van der Waals surface area contributed by atoms with Gasteiger partial charge in [0.2, 0.25) is 0 Å². The van der Waals surface area contributed by atoms with Gasteiger partial charge in [-0.1, -0.05) is 12.2 Å². The molecule has 0 aliphatic heterocycles. The number of aryl methyl sites for hydroxylation is 1. The molecule has 0 saturated carbocycles. The first kappa shape index (κ1) is 11.5. The highest BCUT2D eigenvalue weighted by atomic mass is 16.4. The summed E-state index contributed by atoms with van der Waals surface area (Å²) in [5.41, 5.74) is 0.942. The lowest BCUT2D eigenvalue weighted by Crippen LogP contribution is -2.15. The molecule has 0 bridgehead atoms. The van der Waals surface area contributed by atoms with Crippen LogP contribution in [0.3, 0.4) is 0 Å². The lowest BCUT2D eigenvalue weighted by molar-refractivity contribution is 0.0689. The second-order valence-corrected chi connectivity index (χ2v) is 3.15. The van der Waals surface area contributed by atoms with E-state index < -0.39 is 5.97 Å². The third-order valence-corrected chi connectivity index (χ3v) is 2.00. The quantitative estimate of drug-likeness (QED) is 0.555. The van der Waals surface area contributed by atoms with E-state index in [2.05, 4.69) is 10.4 Å². The Labute approximate surface area is 88.4 Å². The van der Waals surface area contributed by atoms with Gasteiger partial charge in [0.1, 0.15) is 0 Å². The average molecular weight is 209 g/mol. The Morgan fingerprint density at radius 1 is 1.73 bits per heavy atom. The Hall–Kier alpha value is -1.62. The van der Waals surface area contributed by atoms with Crippen LogP contribution in [0.4, 0.5) is 0 Å². The number of carbonyl (C=O) groups is 1. The van der Waals surface area contributed by atoms with Crippen molar-refractivity contribution in [3.05, 3.63) is 29.6 Å². The number of carboxylic acid groups (broad SMARTS) is 1. The van der Waals surface area contributed by atoms with Crippen molar-refractivity contribution in [2.24, 2.45) is 7.05 Å². The van der Waals surface area contributed by atoms with E-state index in [1.54, 1.807) is 17.8 Å². The largest absolute Gasteiger partial charge is 0.476 e. The molecule has 0 aliphatic rings. The molecule has 82 valence electrons. The van der Waals surface area contributed by atoms with Gasteiger partial charge in [-0.3, -0.25) is 4.68 Å². The highest BCUT2D eigenvalue weighted by Crippen LogP contribution is 2.02. The lowest BCUT2D eigenvalue weighted by Gasteiger charge is -2.01.